The van der Waals surface area contributed by atoms with E-state index in [0.29, 0.717) is 32.1 Å². The van der Waals surface area contributed by atoms with Gasteiger partial charge in [-0.2, -0.15) is 0 Å². The molecule has 0 aromatic heterocycles. The summed E-state index contributed by atoms with van der Waals surface area (Å²) in [5.74, 6) is -0.435. The Labute approximate surface area is 370 Å². The van der Waals surface area contributed by atoms with Crippen molar-refractivity contribution in [3.63, 3.8) is 0 Å². The van der Waals surface area contributed by atoms with Crippen LogP contribution in [0.3, 0.4) is 0 Å². The number of ether oxygens (including phenoxy) is 2. The summed E-state index contributed by atoms with van der Waals surface area (Å²) in [7, 11) is -9.74. The number of esters is 2. The van der Waals surface area contributed by atoms with Gasteiger partial charge in [0.2, 0.25) is 0 Å². The van der Waals surface area contributed by atoms with Gasteiger partial charge in [-0.15, -0.1) is 0 Å². The zero-order chi connectivity index (χ0) is 46.3. The summed E-state index contributed by atoms with van der Waals surface area (Å²) in [5.41, 5.74) is 0. The lowest BCUT2D eigenvalue weighted by atomic mass is 10.0. The van der Waals surface area contributed by atoms with Gasteiger partial charge in [0.25, 0.3) is 0 Å². The molecule has 0 aliphatic rings. The van der Waals surface area contributed by atoms with Crippen LogP contribution in [0.15, 0.2) is 72.9 Å². The molecule has 0 spiro atoms. The van der Waals surface area contributed by atoms with E-state index in [-0.39, 0.29) is 12.8 Å². The van der Waals surface area contributed by atoms with Crippen LogP contribution in [0.5, 0.6) is 0 Å². The van der Waals surface area contributed by atoms with Crippen molar-refractivity contribution in [2.24, 2.45) is 5.92 Å². The normalized spacial score (nSPS) is 15.8. The molecular weight excluding hydrogens is 842 g/mol. The molecular formula is C45H78O15P2. The lowest BCUT2D eigenvalue weighted by Crippen LogP contribution is -2.29. The Bertz CT molecular complexity index is 1420. The second-order valence-electron chi connectivity index (χ2n) is 15.5. The zero-order valence-electron chi connectivity index (χ0n) is 37.3. The van der Waals surface area contributed by atoms with Crippen LogP contribution in [0.25, 0.3) is 0 Å². The first-order valence-electron chi connectivity index (χ1n) is 22.2. The Morgan fingerprint density at radius 2 is 1.10 bits per heavy atom. The molecule has 6 N–H and O–H groups in total. The lowest BCUT2D eigenvalue weighted by molar-refractivity contribution is -0.161. The Hall–Kier alpha value is -2.52. The minimum atomic E-state index is -4.89. The van der Waals surface area contributed by atoms with E-state index in [1.165, 1.54) is 44.9 Å². The Morgan fingerprint density at radius 3 is 1.66 bits per heavy atom. The summed E-state index contributed by atoms with van der Waals surface area (Å²) in [6.07, 6.45) is 34.1. The fourth-order valence-electron chi connectivity index (χ4n) is 5.56. The van der Waals surface area contributed by atoms with E-state index in [1.54, 1.807) is 42.5 Å². The second-order valence-corrected chi connectivity index (χ2v) is 18.2. The number of unbranched alkanes of at least 4 members (excludes halogenated alkanes) is 10. The highest BCUT2D eigenvalue weighted by molar-refractivity contribution is 7.47. The predicted molar refractivity (Wildman–Crippen MR) is 242 cm³/mol. The predicted octanol–water partition coefficient (Wildman–Crippen LogP) is 9.19. The topological polar surface area (TPSA) is 236 Å². The van der Waals surface area contributed by atoms with Crippen LogP contribution < -0.4 is 0 Å². The summed E-state index contributed by atoms with van der Waals surface area (Å²) in [6, 6.07) is 0. The van der Waals surface area contributed by atoms with Crippen LogP contribution in [0.4, 0.5) is 0 Å². The molecule has 15 nitrogen and oxygen atoms in total. The number of aliphatic hydroxyl groups is 3. The van der Waals surface area contributed by atoms with Crippen LogP contribution in [0, 0.1) is 5.92 Å². The molecule has 5 atom stereocenters. The number of hydrogen-bond donors (Lipinski definition) is 6. The third kappa shape index (κ3) is 42.8. The van der Waals surface area contributed by atoms with Crippen LogP contribution in [0.1, 0.15) is 143 Å². The van der Waals surface area contributed by atoms with Gasteiger partial charge in [0.15, 0.2) is 6.10 Å². The average Bonchev–Trinajstić information content (AvgIpc) is 3.21. The molecule has 0 aliphatic heterocycles. The number of rotatable bonds is 40. The first-order valence-corrected chi connectivity index (χ1v) is 25.2. The number of aliphatic hydroxyl groups excluding tert-OH is 3. The van der Waals surface area contributed by atoms with Crippen LogP contribution in [-0.4, -0.2) is 92.8 Å². The second kappa shape index (κ2) is 38.9. The minimum Gasteiger partial charge on any atom is -0.462 e. The van der Waals surface area contributed by atoms with Crippen molar-refractivity contribution >= 4 is 27.6 Å². The van der Waals surface area contributed by atoms with E-state index in [1.807, 2.05) is 37.3 Å². The van der Waals surface area contributed by atoms with Crippen molar-refractivity contribution in [3.05, 3.63) is 72.9 Å². The summed E-state index contributed by atoms with van der Waals surface area (Å²) >= 11 is 0. The number of hydrogen-bond acceptors (Lipinski definition) is 12. The third-order valence-corrected chi connectivity index (χ3v) is 10.4. The number of carbonyl (C=O) groups excluding carboxylic acids is 2. The highest BCUT2D eigenvalue weighted by Crippen LogP contribution is 2.43. The monoisotopic (exact) mass is 920 g/mol. The Morgan fingerprint density at radius 1 is 0.581 bits per heavy atom. The maximum absolute atomic E-state index is 12.7. The largest absolute Gasteiger partial charge is 0.472 e. The fourth-order valence-corrected chi connectivity index (χ4v) is 6.71. The molecule has 0 aromatic carbocycles. The van der Waals surface area contributed by atoms with Crippen molar-refractivity contribution in [2.75, 3.05) is 26.4 Å². The molecule has 0 aromatic rings. The molecule has 0 amide bonds. The summed E-state index contributed by atoms with van der Waals surface area (Å²) < 4.78 is 47.6. The van der Waals surface area contributed by atoms with Crippen molar-refractivity contribution < 1.29 is 71.8 Å². The minimum absolute atomic E-state index is 0.0112. The molecule has 0 rings (SSSR count). The quantitative estimate of drug-likeness (QED) is 0.0110. The van der Waals surface area contributed by atoms with Crippen LogP contribution in [0.2, 0.25) is 0 Å². The van der Waals surface area contributed by atoms with Gasteiger partial charge in [-0.1, -0.05) is 164 Å². The number of allylic oxidation sites excluding steroid dienone is 8. The lowest BCUT2D eigenvalue weighted by Gasteiger charge is -2.20. The highest BCUT2D eigenvalue weighted by atomic mass is 31.2. The maximum Gasteiger partial charge on any atom is 0.472 e. The zero-order valence-corrected chi connectivity index (χ0v) is 39.1. The van der Waals surface area contributed by atoms with Crippen LogP contribution in [-0.2, 0) is 41.8 Å². The van der Waals surface area contributed by atoms with Gasteiger partial charge < -0.3 is 39.5 Å². The van der Waals surface area contributed by atoms with Gasteiger partial charge in [0.1, 0.15) is 12.7 Å². The van der Waals surface area contributed by atoms with Gasteiger partial charge in [0.05, 0.1) is 32.0 Å². The van der Waals surface area contributed by atoms with Gasteiger partial charge in [-0.05, 0) is 44.4 Å². The molecule has 62 heavy (non-hydrogen) atoms. The number of carbonyl (C=O) groups is 2. The Kier molecular flexibility index (Phi) is 37.3. The van der Waals surface area contributed by atoms with Gasteiger partial charge in [-0.25, -0.2) is 9.13 Å². The standard InChI is InChI=1S/C45H78O15P2/c1-4-5-21-29-40(46)31-24-19-20-25-32-41(47)30-23-16-13-14-17-26-33-44(49)56-37-43(38-59-62(54,55)58-36-42(48)35-57-61(51,52)53)60-45(50)34-27-18-12-10-8-6-7-9-11-15-22-28-39(2)3/h5,14,16-17,19-21,23-25,31-32,39-43,46-48H,4,6-13,15,18,22,26-30,33-38H2,1-3H3,(H,54,55)(H2,51,52,53)/b17-14-,20-19-,21-5-,23-16-,31-24+,32-25+/t40-,41+,42+,43-/m1/s1. The summed E-state index contributed by atoms with van der Waals surface area (Å²) in [4.78, 5) is 52.7. The van der Waals surface area contributed by atoms with Gasteiger partial charge in [-0.3, -0.25) is 23.2 Å². The molecule has 0 saturated heterocycles. The maximum atomic E-state index is 12.7. The van der Waals surface area contributed by atoms with E-state index < -0.39 is 78.4 Å². The fraction of sp³-hybridized carbons (Fsp3) is 0.689. The van der Waals surface area contributed by atoms with E-state index in [0.717, 1.165) is 38.0 Å². The molecule has 0 fully saturated rings. The summed E-state index contributed by atoms with van der Waals surface area (Å²) in [5, 5.41) is 29.7. The van der Waals surface area contributed by atoms with E-state index >= 15 is 0 Å². The molecule has 0 heterocycles. The van der Waals surface area contributed by atoms with E-state index in [2.05, 4.69) is 22.9 Å². The molecule has 358 valence electrons. The molecule has 1 unspecified atom stereocenters. The van der Waals surface area contributed by atoms with Gasteiger partial charge >= 0.3 is 27.6 Å². The van der Waals surface area contributed by atoms with E-state index in [9.17, 15) is 38.9 Å². The third-order valence-electron chi connectivity index (χ3n) is 8.96. The van der Waals surface area contributed by atoms with Gasteiger partial charge in [0, 0.05) is 12.8 Å². The highest BCUT2D eigenvalue weighted by Gasteiger charge is 2.28. The average molecular weight is 921 g/mol. The molecule has 0 aliphatic carbocycles. The number of phosphoric acid groups is 2. The smallest absolute Gasteiger partial charge is 0.462 e. The van der Waals surface area contributed by atoms with Crippen LogP contribution >= 0.6 is 15.6 Å². The Balaban J connectivity index is 4.73. The number of phosphoric ester groups is 2. The molecule has 0 radical (unpaired) electrons. The van der Waals surface area contributed by atoms with E-state index in [4.69, 9.17) is 23.8 Å². The molecule has 0 saturated carbocycles. The SMILES string of the molecule is CC/C=C\C[C@@H](O)/C=C/C=C\C=C\[C@@H](O)C/C=C\C/C=C\CCC(=O)OC[C@H](COP(=O)(O)OC[C@@H](O)COP(=O)(O)O)OC(=O)CCCCCCCCCCCCCC(C)C. The van der Waals surface area contributed by atoms with Crippen molar-refractivity contribution in [1.29, 1.82) is 0 Å². The van der Waals surface area contributed by atoms with Crippen molar-refractivity contribution in [1.82, 2.24) is 0 Å². The molecule has 0 bridgehead atoms. The molecule has 17 heteroatoms. The van der Waals surface area contributed by atoms with Crippen molar-refractivity contribution in [2.45, 2.75) is 167 Å². The first-order chi connectivity index (χ1) is 29.5. The first kappa shape index (κ1) is 59.5. The summed E-state index contributed by atoms with van der Waals surface area (Å²) in [6.45, 7) is 3.66. The van der Waals surface area contributed by atoms with Crippen molar-refractivity contribution in [3.8, 4) is 0 Å².